The number of rotatable bonds is 8. The largest absolute Gasteiger partial charge is 0.494 e. The first-order chi connectivity index (χ1) is 13.6. The number of carbonyl (C=O) groups is 1. The van der Waals surface area contributed by atoms with Gasteiger partial charge in [-0.15, -0.1) is 0 Å². The number of aromatic nitrogens is 1. The SMILES string of the molecule is CCOc1ccc(-c2cc(C(=O)NCCC[NH+](C)C)c3ccccc3n2)cc1. The van der Waals surface area contributed by atoms with Crippen LogP contribution in [0.4, 0.5) is 0 Å². The van der Waals surface area contributed by atoms with Crippen LogP contribution < -0.4 is 15.0 Å². The van der Waals surface area contributed by atoms with Crippen molar-refractivity contribution in [3.8, 4) is 17.0 Å². The van der Waals surface area contributed by atoms with Gasteiger partial charge in [-0.05, 0) is 43.3 Å². The summed E-state index contributed by atoms with van der Waals surface area (Å²) in [5.74, 6) is 0.771. The van der Waals surface area contributed by atoms with Gasteiger partial charge in [0, 0.05) is 23.9 Å². The van der Waals surface area contributed by atoms with E-state index < -0.39 is 0 Å². The van der Waals surface area contributed by atoms with Crippen LogP contribution >= 0.6 is 0 Å². The standard InChI is InChI=1S/C23H27N3O2/c1-4-28-18-12-10-17(11-13-18)22-16-20(19-8-5-6-9-21(19)25-22)23(27)24-14-7-15-26(2)3/h5-6,8-13,16H,4,7,14-15H2,1-3H3,(H,24,27)/p+1. The molecule has 0 atom stereocenters. The van der Waals surface area contributed by atoms with E-state index in [-0.39, 0.29) is 5.91 Å². The van der Waals surface area contributed by atoms with Crippen LogP contribution in [0.2, 0.25) is 0 Å². The van der Waals surface area contributed by atoms with E-state index in [0.717, 1.165) is 40.9 Å². The Balaban J connectivity index is 1.89. The lowest BCUT2D eigenvalue weighted by Gasteiger charge is -2.12. The molecule has 5 nitrogen and oxygen atoms in total. The van der Waals surface area contributed by atoms with Gasteiger partial charge in [-0.25, -0.2) is 4.98 Å². The predicted octanol–water partition coefficient (Wildman–Crippen LogP) is 2.56. The first-order valence-corrected chi connectivity index (χ1v) is 9.78. The average molecular weight is 378 g/mol. The van der Waals surface area contributed by atoms with Gasteiger partial charge in [0.15, 0.2) is 0 Å². The highest BCUT2D eigenvalue weighted by molar-refractivity contribution is 6.07. The molecule has 146 valence electrons. The summed E-state index contributed by atoms with van der Waals surface area (Å²) < 4.78 is 5.51. The van der Waals surface area contributed by atoms with E-state index in [9.17, 15) is 4.79 Å². The molecule has 2 aromatic carbocycles. The Labute approximate surface area is 166 Å². The number of benzene rings is 2. The highest BCUT2D eigenvalue weighted by Gasteiger charge is 2.14. The lowest BCUT2D eigenvalue weighted by Crippen LogP contribution is -3.05. The Morgan fingerprint density at radius 1 is 1.11 bits per heavy atom. The molecule has 0 aliphatic rings. The summed E-state index contributed by atoms with van der Waals surface area (Å²) in [5.41, 5.74) is 3.22. The molecule has 3 rings (SSSR count). The molecule has 5 heteroatoms. The Morgan fingerprint density at radius 2 is 1.86 bits per heavy atom. The predicted molar refractivity (Wildman–Crippen MR) is 113 cm³/mol. The van der Waals surface area contributed by atoms with Gasteiger partial charge in [0.25, 0.3) is 5.91 Å². The number of hydrogen-bond donors (Lipinski definition) is 2. The smallest absolute Gasteiger partial charge is 0.252 e. The van der Waals surface area contributed by atoms with E-state index >= 15 is 0 Å². The van der Waals surface area contributed by atoms with E-state index in [0.29, 0.717) is 18.7 Å². The quantitative estimate of drug-likeness (QED) is 0.593. The maximum atomic E-state index is 12.9. The topological polar surface area (TPSA) is 55.7 Å². The first-order valence-electron chi connectivity index (χ1n) is 9.78. The summed E-state index contributed by atoms with van der Waals surface area (Å²) in [5, 5.41) is 3.92. The van der Waals surface area contributed by atoms with Crippen LogP contribution in [0.5, 0.6) is 5.75 Å². The summed E-state index contributed by atoms with van der Waals surface area (Å²) in [6.45, 7) is 4.28. The second kappa shape index (κ2) is 9.33. The number of nitrogens with zero attached hydrogens (tertiary/aromatic N) is 1. The minimum Gasteiger partial charge on any atom is -0.494 e. The van der Waals surface area contributed by atoms with Crippen molar-refractivity contribution in [2.24, 2.45) is 0 Å². The van der Waals surface area contributed by atoms with Crippen molar-refractivity contribution in [1.29, 1.82) is 0 Å². The zero-order valence-corrected chi connectivity index (χ0v) is 16.8. The van der Waals surface area contributed by atoms with Gasteiger partial charge in [0.1, 0.15) is 5.75 Å². The number of hydrogen-bond acceptors (Lipinski definition) is 3. The van der Waals surface area contributed by atoms with Crippen LogP contribution in [0.25, 0.3) is 22.2 Å². The van der Waals surface area contributed by atoms with Crippen molar-refractivity contribution in [2.45, 2.75) is 13.3 Å². The third kappa shape index (κ3) is 4.87. The molecule has 0 fully saturated rings. The molecule has 1 heterocycles. The molecule has 3 aromatic rings. The number of quaternary nitrogens is 1. The molecule has 1 aromatic heterocycles. The second-order valence-electron chi connectivity index (χ2n) is 7.10. The average Bonchev–Trinajstić information content (AvgIpc) is 2.71. The van der Waals surface area contributed by atoms with Crippen molar-refractivity contribution >= 4 is 16.8 Å². The molecule has 0 aliphatic carbocycles. The van der Waals surface area contributed by atoms with Crippen molar-refractivity contribution in [3.63, 3.8) is 0 Å². The Kier molecular flexibility index (Phi) is 6.61. The fourth-order valence-corrected chi connectivity index (χ4v) is 3.14. The fourth-order valence-electron chi connectivity index (χ4n) is 3.14. The number of fused-ring (bicyclic) bond motifs is 1. The van der Waals surface area contributed by atoms with Crippen LogP contribution in [0.1, 0.15) is 23.7 Å². The molecule has 1 amide bonds. The van der Waals surface area contributed by atoms with Crippen molar-refractivity contribution < 1.29 is 14.4 Å². The molecule has 0 saturated carbocycles. The first kappa shape index (κ1) is 19.8. The van der Waals surface area contributed by atoms with Crippen LogP contribution in [0.15, 0.2) is 54.6 Å². The van der Waals surface area contributed by atoms with E-state index in [4.69, 9.17) is 9.72 Å². The molecule has 0 spiro atoms. The third-order valence-corrected chi connectivity index (χ3v) is 4.56. The molecule has 28 heavy (non-hydrogen) atoms. The molecular weight excluding hydrogens is 350 g/mol. The molecule has 0 saturated heterocycles. The van der Waals surface area contributed by atoms with Crippen LogP contribution in [-0.2, 0) is 0 Å². The van der Waals surface area contributed by atoms with Gasteiger partial charge in [0.05, 0.1) is 44.0 Å². The molecule has 0 radical (unpaired) electrons. The molecule has 2 N–H and O–H groups in total. The number of ether oxygens (including phenoxy) is 1. The van der Waals surface area contributed by atoms with Gasteiger partial charge in [0.2, 0.25) is 0 Å². The van der Waals surface area contributed by atoms with Gasteiger partial charge in [-0.3, -0.25) is 4.79 Å². The van der Waals surface area contributed by atoms with E-state index in [1.54, 1.807) is 0 Å². The third-order valence-electron chi connectivity index (χ3n) is 4.56. The highest BCUT2D eigenvalue weighted by atomic mass is 16.5. The number of amides is 1. The Morgan fingerprint density at radius 3 is 2.57 bits per heavy atom. The minimum atomic E-state index is -0.0560. The second-order valence-corrected chi connectivity index (χ2v) is 7.10. The minimum absolute atomic E-state index is 0.0560. The Bertz CT molecular complexity index is 936. The van der Waals surface area contributed by atoms with Crippen molar-refractivity contribution in [3.05, 3.63) is 60.2 Å². The van der Waals surface area contributed by atoms with Crippen LogP contribution in [0, 0.1) is 0 Å². The van der Waals surface area contributed by atoms with Gasteiger partial charge >= 0.3 is 0 Å². The summed E-state index contributed by atoms with van der Waals surface area (Å²) in [7, 11) is 4.22. The molecule has 0 unspecified atom stereocenters. The van der Waals surface area contributed by atoms with Gasteiger partial charge in [-0.2, -0.15) is 0 Å². The normalized spacial score (nSPS) is 11.0. The lowest BCUT2D eigenvalue weighted by molar-refractivity contribution is -0.858. The molecular formula is C23H28N3O2+. The Hall–Kier alpha value is -2.92. The highest BCUT2D eigenvalue weighted by Crippen LogP contribution is 2.26. The lowest BCUT2D eigenvalue weighted by atomic mass is 10.0. The number of carbonyl (C=O) groups excluding carboxylic acids is 1. The van der Waals surface area contributed by atoms with Gasteiger partial charge < -0.3 is 15.0 Å². The van der Waals surface area contributed by atoms with E-state index in [1.165, 1.54) is 4.90 Å². The molecule has 0 aliphatic heterocycles. The van der Waals surface area contributed by atoms with E-state index in [2.05, 4.69) is 19.4 Å². The summed E-state index contributed by atoms with van der Waals surface area (Å²) in [4.78, 5) is 19.0. The van der Waals surface area contributed by atoms with Crippen molar-refractivity contribution in [2.75, 3.05) is 33.8 Å². The van der Waals surface area contributed by atoms with Crippen molar-refractivity contribution in [1.82, 2.24) is 10.3 Å². The number of para-hydroxylation sites is 1. The van der Waals surface area contributed by atoms with Crippen LogP contribution in [-0.4, -0.2) is 44.7 Å². The zero-order valence-electron chi connectivity index (χ0n) is 16.8. The summed E-state index contributed by atoms with van der Waals surface area (Å²) in [6, 6.07) is 17.5. The molecule has 0 bridgehead atoms. The van der Waals surface area contributed by atoms with E-state index in [1.807, 2.05) is 61.5 Å². The summed E-state index contributed by atoms with van der Waals surface area (Å²) >= 11 is 0. The van der Waals surface area contributed by atoms with Crippen LogP contribution in [0.3, 0.4) is 0 Å². The maximum absolute atomic E-state index is 12.9. The summed E-state index contributed by atoms with van der Waals surface area (Å²) in [6.07, 6.45) is 0.947. The maximum Gasteiger partial charge on any atom is 0.252 e. The fraction of sp³-hybridized carbons (Fsp3) is 0.304. The monoisotopic (exact) mass is 378 g/mol. The number of nitrogens with one attached hydrogen (secondary N) is 2. The zero-order chi connectivity index (χ0) is 19.9. The van der Waals surface area contributed by atoms with Gasteiger partial charge in [-0.1, -0.05) is 18.2 Å². The number of pyridine rings is 1.